The molecule has 1 aromatic heterocycles. The van der Waals surface area contributed by atoms with Gasteiger partial charge in [-0.25, -0.2) is 0 Å². The molecule has 1 saturated heterocycles. The van der Waals surface area contributed by atoms with Crippen molar-refractivity contribution in [1.29, 1.82) is 0 Å². The van der Waals surface area contributed by atoms with Crippen LogP contribution in [0.4, 0.5) is 5.69 Å². The molecule has 7 heteroatoms. The third-order valence-electron chi connectivity index (χ3n) is 5.76. The van der Waals surface area contributed by atoms with Crippen LogP contribution in [0.25, 0.3) is 5.76 Å². The maximum atomic E-state index is 13.2. The van der Waals surface area contributed by atoms with Crippen LogP contribution in [0.5, 0.6) is 11.5 Å². The topological polar surface area (TPSA) is 89.0 Å². The summed E-state index contributed by atoms with van der Waals surface area (Å²) in [6, 6.07) is 14.7. The maximum Gasteiger partial charge on any atom is 0.300 e. The minimum absolute atomic E-state index is 0.0119. The predicted molar refractivity (Wildman–Crippen MR) is 124 cm³/mol. The quantitative estimate of drug-likeness (QED) is 0.358. The summed E-state index contributed by atoms with van der Waals surface area (Å²) in [5, 5.41) is 11.3. The van der Waals surface area contributed by atoms with Crippen molar-refractivity contribution in [2.75, 3.05) is 19.1 Å². The molecule has 7 nitrogen and oxygen atoms in total. The van der Waals surface area contributed by atoms with Gasteiger partial charge < -0.3 is 14.6 Å². The summed E-state index contributed by atoms with van der Waals surface area (Å²) in [4.78, 5) is 32.2. The molecular formula is C26H24N2O5. The summed E-state index contributed by atoms with van der Waals surface area (Å²) in [6.07, 6.45) is 1.59. The molecule has 1 N–H and O–H groups in total. The highest BCUT2D eigenvalue weighted by molar-refractivity contribution is 6.51. The Hall–Kier alpha value is -4.13. The molecule has 1 atom stereocenters. The van der Waals surface area contributed by atoms with E-state index in [4.69, 9.17) is 9.47 Å². The molecule has 2 aromatic carbocycles. The number of aromatic nitrogens is 1. The van der Waals surface area contributed by atoms with Gasteiger partial charge in [-0.15, -0.1) is 0 Å². The van der Waals surface area contributed by atoms with Gasteiger partial charge in [-0.3, -0.25) is 19.5 Å². The number of hydrogen-bond donors (Lipinski definition) is 1. The molecule has 1 fully saturated rings. The lowest BCUT2D eigenvalue weighted by molar-refractivity contribution is -0.132. The highest BCUT2D eigenvalue weighted by atomic mass is 16.5. The first-order valence-electron chi connectivity index (χ1n) is 10.4. The summed E-state index contributed by atoms with van der Waals surface area (Å²) in [7, 11) is 3.12. The van der Waals surface area contributed by atoms with Crippen LogP contribution in [0.1, 0.15) is 28.4 Å². The Bertz CT molecular complexity index is 1250. The van der Waals surface area contributed by atoms with Gasteiger partial charge in [0.05, 0.1) is 25.5 Å². The summed E-state index contributed by atoms with van der Waals surface area (Å²) in [5.41, 5.74) is 2.92. The molecule has 2 heterocycles. The van der Waals surface area contributed by atoms with Crippen molar-refractivity contribution in [3.8, 4) is 11.5 Å². The standard InChI is InChI=1S/C26H24N2O5/c1-15-14-21(33-4)16(2)13-19(15)24(29)22-23(20-7-5-6-12-27-20)28(26(31)25(22)30)17-8-10-18(32-3)11-9-17/h5-14,23,29H,1-4H3/b24-22+. The lowest BCUT2D eigenvalue weighted by Gasteiger charge is -2.25. The Kier molecular flexibility index (Phi) is 5.87. The predicted octanol–water partition coefficient (Wildman–Crippen LogP) is 4.34. The number of rotatable bonds is 5. The average molecular weight is 444 g/mol. The second-order valence-electron chi connectivity index (χ2n) is 7.76. The second kappa shape index (κ2) is 8.78. The molecule has 168 valence electrons. The van der Waals surface area contributed by atoms with Gasteiger partial charge in [0.15, 0.2) is 0 Å². The summed E-state index contributed by atoms with van der Waals surface area (Å²) < 4.78 is 10.6. The Labute approximate surface area is 191 Å². The summed E-state index contributed by atoms with van der Waals surface area (Å²) in [6.45, 7) is 3.66. The third-order valence-corrected chi connectivity index (χ3v) is 5.76. The minimum Gasteiger partial charge on any atom is -0.507 e. The van der Waals surface area contributed by atoms with Gasteiger partial charge >= 0.3 is 0 Å². The molecule has 0 saturated carbocycles. The Balaban J connectivity index is 1.94. The van der Waals surface area contributed by atoms with E-state index >= 15 is 0 Å². The van der Waals surface area contributed by atoms with Crippen LogP contribution < -0.4 is 14.4 Å². The number of aliphatic hydroxyl groups excluding tert-OH is 1. The van der Waals surface area contributed by atoms with Crippen molar-refractivity contribution in [2.24, 2.45) is 0 Å². The second-order valence-corrected chi connectivity index (χ2v) is 7.76. The molecule has 1 unspecified atom stereocenters. The molecule has 0 spiro atoms. The minimum atomic E-state index is -0.888. The number of amides is 1. The molecular weight excluding hydrogens is 420 g/mol. The zero-order valence-electron chi connectivity index (χ0n) is 18.8. The number of anilines is 1. The van der Waals surface area contributed by atoms with E-state index in [1.807, 2.05) is 13.8 Å². The fourth-order valence-electron chi connectivity index (χ4n) is 4.07. The highest BCUT2D eigenvalue weighted by Gasteiger charge is 2.47. The third kappa shape index (κ3) is 3.82. The van der Waals surface area contributed by atoms with Crippen LogP contribution in [0.3, 0.4) is 0 Å². The molecule has 1 aliphatic heterocycles. The monoisotopic (exact) mass is 444 g/mol. The zero-order chi connectivity index (χ0) is 23.7. The number of benzene rings is 2. The number of methoxy groups -OCH3 is 2. The van der Waals surface area contributed by atoms with Crippen LogP contribution in [-0.4, -0.2) is 36.0 Å². The zero-order valence-corrected chi connectivity index (χ0v) is 18.8. The van der Waals surface area contributed by atoms with Gasteiger partial charge in [-0.2, -0.15) is 0 Å². The number of aryl methyl sites for hydroxylation is 2. The van der Waals surface area contributed by atoms with Gasteiger partial charge in [-0.05, 0) is 73.5 Å². The number of Topliss-reactive ketones (excluding diaryl/α,β-unsaturated/α-hetero) is 1. The van der Waals surface area contributed by atoms with Gasteiger partial charge in [-0.1, -0.05) is 6.07 Å². The summed E-state index contributed by atoms with van der Waals surface area (Å²) in [5.74, 6) is -0.464. The van der Waals surface area contributed by atoms with E-state index in [9.17, 15) is 14.7 Å². The van der Waals surface area contributed by atoms with E-state index in [0.717, 1.165) is 5.56 Å². The molecule has 33 heavy (non-hydrogen) atoms. The molecule has 0 bridgehead atoms. The fraction of sp³-hybridized carbons (Fsp3) is 0.192. The van der Waals surface area contributed by atoms with E-state index in [0.29, 0.717) is 34.0 Å². The Morgan fingerprint density at radius 1 is 0.970 bits per heavy atom. The van der Waals surface area contributed by atoms with Crippen LogP contribution in [0, 0.1) is 13.8 Å². The van der Waals surface area contributed by atoms with Crippen molar-refractivity contribution >= 4 is 23.1 Å². The summed E-state index contributed by atoms with van der Waals surface area (Å²) >= 11 is 0. The smallest absolute Gasteiger partial charge is 0.300 e. The number of carbonyl (C=O) groups is 2. The first-order chi connectivity index (χ1) is 15.9. The number of aliphatic hydroxyl groups is 1. The molecule has 3 aromatic rings. The number of ketones is 1. The van der Waals surface area contributed by atoms with E-state index < -0.39 is 17.7 Å². The number of pyridine rings is 1. The Morgan fingerprint density at radius 3 is 2.30 bits per heavy atom. The van der Waals surface area contributed by atoms with E-state index in [1.54, 1.807) is 75.0 Å². The van der Waals surface area contributed by atoms with Gasteiger partial charge in [0.2, 0.25) is 0 Å². The van der Waals surface area contributed by atoms with Crippen LogP contribution in [0.2, 0.25) is 0 Å². The van der Waals surface area contributed by atoms with Gasteiger partial charge in [0.1, 0.15) is 23.3 Å². The van der Waals surface area contributed by atoms with Crippen LogP contribution in [-0.2, 0) is 9.59 Å². The van der Waals surface area contributed by atoms with Gasteiger partial charge in [0.25, 0.3) is 11.7 Å². The van der Waals surface area contributed by atoms with E-state index in [1.165, 1.54) is 4.90 Å². The fourth-order valence-corrected chi connectivity index (χ4v) is 4.07. The molecule has 0 aliphatic carbocycles. The SMILES string of the molecule is COc1ccc(N2C(=O)C(=O)/C(=C(/O)c3cc(C)c(OC)cc3C)C2c2ccccn2)cc1. The normalized spacial score (nSPS) is 17.3. The largest absolute Gasteiger partial charge is 0.507 e. The van der Waals surface area contributed by atoms with Crippen molar-refractivity contribution in [3.05, 3.63) is 88.8 Å². The lowest BCUT2D eigenvalue weighted by atomic mass is 9.95. The molecule has 1 amide bonds. The van der Waals surface area contributed by atoms with E-state index in [2.05, 4.69) is 4.98 Å². The van der Waals surface area contributed by atoms with Crippen molar-refractivity contribution in [3.63, 3.8) is 0 Å². The van der Waals surface area contributed by atoms with Crippen molar-refractivity contribution < 1.29 is 24.2 Å². The molecule has 0 radical (unpaired) electrons. The van der Waals surface area contributed by atoms with Crippen LogP contribution in [0.15, 0.2) is 66.4 Å². The molecule has 1 aliphatic rings. The first-order valence-corrected chi connectivity index (χ1v) is 10.4. The van der Waals surface area contributed by atoms with Crippen molar-refractivity contribution in [2.45, 2.75) is 19.9 Å². The van der Waals surface area contributed by atoms with Crippen LogP contribution >= 0.6 is 0 Å². The molecule has 4 rings (SSSR count). The number of ether oxygens (including phenoxy) is 2. The highest BCUT2D eigenvalue weighted by Crippen LogP contribution is 2.42. The lowest BCUT2D eigenvalue weighted by Crippen LogP contribution is -2.29. The average Bonchev–Trinajstić information content (AvgIpc) is 3.10. The first kappa shape index (κ1) is 22.1. The van der Waals surface area contributed by atoms with E-state index in [-0.39, 0.29) is 11.3 Å². The van der Waals surface area contributed by atoms with Crippen molar-refractivity contribution in [1.82, 2.24) is 4.98 Å². The number of hydrogen-bond acceptors (Lipinski definition) is 6. The number of nitrogens with zero attached hydrogens (tertiary/aromatic N) is 2. The maximum absolute atomic E-state index is 13.2. The van der Waals surface area contributed by atoms with Gasteiger partial charge in [0, 0.05) is 17.4 Å². The number of carbonyl (C=O) groups excluding carboxylic acids is 2. The Morgan fingerprint density at radius 2 is 1.70 bits per heavy atom.